The van der Waals surface area contributed by atoms with E-state index in [-0.39, 0.29) is 6.42 Å². The van der Waals surface area contributed by atoms with Gasteiger partial charge in [-0.25, -0.2) is 0 Å². The zero-order valence-corrected chi connectivity index (χ0v) is 10.1. The highest BCUT2D eigenvalue weighted by molar-refractivity contribution is 5.66. The Balaban J connectivity index is 2.34. The predicted molar refractivity (Wildman–Crippen MR) is 67.6 cm³/mol. The summed E-state index contributed by atoms with van der Waals surface area (Å²) in [5, 5.41) is 11.7. The summed E-state index contributed by atoms with van der Waals surface area (Å²) in [5.74, 6) is 0.0851. The van der Waals surface area contributed by atoms with Gasteiger partial charge in [0.1, 0.15) is 5.75 Å². The van der Waals surface area contributed by atoms with Crippen molar-refractivity contribution in [3.8, 4) is 5.75 Å². The maximum absolute atomic E-state index is 10.3. The highest BCUT2D eigenvalue weighted by atomic mass is 16.5. The van der Waals surface area contributed by atoms with Crippen LogP contribution in [0.5, 0.6) is 5.75 Å². The number of anilines is 1. The topological polar surface area (TPSA) is 58.6 Å². The summed E-state index contributed by atoms with van der Waals surface area (Å²) in [6.45, 7) is 3.43. The lowest BCUT2D eigenvalue weighted by Gasteiger charge is -2.08. The van der Waals surface area contributed by atoms with E-state index >= 15 is 0 Å². The van der Waals surface area contributed by atoms with Crippen molar-refractivity contribution in [1.29, 1.82) is 0 Å². The van der Waals surface area contributed by atoms with Gasteiger partial charge in [0.05, 0.1) is 6.61 Å². The average molecular weight is 237 g/mol. The summed E-state index contributed by atoms with van der Waals surface area (Å²) in [4.78, 5) is 10.3. The van der Waals surface area contributed by atoms with Crippen LogP contribution in [0, 0.1) is 0 Å². The maximum atomic E-state index is 10.3. The van der Waals surface area contributed by atoms with Crippen molar-refractivity contribution in [3.63, 3.8) is 0 Å². The molecule has 1 rings (SSSR count). The first-order valence-electron chi connectivity index (χ1n) is 5.91. The smallest absolute Gasteiger partial charge is 0.303 e. The number of ether oxygens (including phenoxy) is 1. The summed E-state index contributed by atoms with van der Waals surface area (Å²) in [7, 11) is 0. The number of hydrogen-bond acceptors (Lipinski definition) is 3. The fourth-order valence-corrected chi connectivity index (χ4v) is 1.39. The fourth-order valence-electron chi connectivity index (χ4n) is 1.39. The molecule has 4 nitrogen and oxygen atoms in total. The van der Waals surface area contributed by atoms with E-state index in [1.807, 2.05) is 24.3 Å². The van der Waals surface area contributed by atoms with Crippen LogP contribution in [-0.4, -0.2) is 24.2 Å². The second kappa shape index (κ2) is 7.54. The lowest BCUT2D eigenvalue weighted by atomic mass is 10.2. The molecule has 0 saturated heterocycles. The van der Waals surface area contributed by atoms with Crippen LogP contribution in [-0.2, 0) is 4.79 Å². The minimum absolute atomic E-state index is 0.193. The van der Waals surface area contributed by atoms with E-state index < -0.39 is 5.97 Å². The standard InChI is InChI=1S/C13H19NO3/c1-2-9-17-12-6-3-5-11(10-12)14-8-4-7-13(15)16/h3,5-6,10,14H,2,4,7-9H2,1H3,(H,15,16). The molecule has 1 aromatic carbocycles. The second-order valence-corrected chi connectivity index (χ2v) is 3.80. The molecule has 0 aliphatic carbocycles. The molecule has 2 N–H and O–H groups in total. The highest BCUT2D eigenvalue weighted by Crippen LogP contribution is 2.17. The van der Waals surface area contributed by atoms with Crippen LogP contribution >= 0.6 is 0 Å². The molecule has 0 aliphatic heterocycles. The number of carbonyl (C=O) groups is 1. The number of carboxylic acids is 1. The van der Waals surface area contributed by atoms with Gasteiger partial charge in [0.2, 0.25) is 0 Å². The number of hydrogen-bond donors (Lipinski definition) is 2. The van der Waals surface area contributed by atoms with Gasteiger partial charge in [-0.05, 0) is 25.0 Å². The molecule has 0 saturated carbocycles. The van der Waals surface area contributed by atoms with Crippen LogP contribution in [0.3, 0.4) is 0 Å². The van der Waals surface area contributed by atoms with E-state index in [9.17, 15) is 4.79 Å². The summed E-state index contributed by atoms with van der Waals surface area (Å²) in [6, 6.07) is 7.71. The van der Waals surface area contributed by atoms with Crippen LogP contribution in [0.1, 0.15) is 26.2 Å². The van der Waals surface area contributed by atoms with E-state index in [1.54, 1.807) is 0 Å². The molecule has 4 heteroatoms. The quantitative estimate of drug-likeness (QED) is 0.682. The lowest BCUT2D eigenvalue weighted by molar-refractivity contribution is -0.137. The average Bonchev–Trinajstić information content (AvgIpc) is 2.32. The summed E-state index contributed by atoms with van der Waals surface area (Å²) < 4.78 is 5.51. The van der Waals surface area contributed by atoms with Crippen molar-refractivity contribution < 1.29 is 14.6 Å². The van der Waals surface area contributed by atoms with Crippen molar-refractivity contribution in [2.75, 3.05) is 18.5 Å². The molecule has 1 aromatic rings. The molecule has 0 fully saturated rings. The molecule has 0 unspecified atom stereocenters. The summed E-state index contributed by atoms with van der Waals surface area (Å²) in [5.41, 5.74) is 0.962. The Hall–Kier alpha value is -1.71. The van der Waals surface area contributed by atoms with Gasteiger partial charge in [-0.1, -0.05) is 13.0 Å². The first-order valence-corrected chi connectivity index (χ1v) is 5.91. The predicted octanol–water partition coefficient (Wildman–Crippen LogP) is 2.75. The molecule has 0 bridgehead atoms. The van der Waals surface area contributed by atoms with Crippen LogP contribution in [0.15, 0.2) is 24.3 Å². The Morgan fingerprint density at radius 3 is 3.00 bits per heavy atom. The van der Waals surface area contributed by atoms with Gasteiger partial charge in [0.25, 0.3) is 0 Å². The van der Waals surface area contributed by atoms with Crippen molar-refractivity contribution in [2.45, 2.75) is 26.2 Å². The SMILES string of the molecule is CCCOc1cccc(NCCCC(=O)O)c1. The zero-order chi connectivity index (χ0) is 12.5. The second-order valence-electron chi connectivity index (χ2n) is 3.80. The van der Waals surface area contributed by atoms with Gasteiger partial charge >= 0.3 is 5.97 Å². The number of aliphatic carboxylic acids is 1. The molecular formula is C13H19NO3. The minimum Gasteiger partial charge on any atom is -0.494 e. The minimum atomic E-state index is -0.758. The molecule has 17 heavy (non-hydrogen) atoms. The maximum Gasteiger partial charge on any atom is 0.303 e. The molecule has 0 atom stereocenters. The first kappa shape index (κ1) is 13.4. The van der Waals surface area contributed by atoms with Crippen LogP contribution in [0.25, 0.3) is 0 Å². The van der Waals surface area contributed by atoms with Gasteiger partial charge < -0.3 is 15.2 Å². The molecule has 0 aromatic heterocycles. The first-order chi connectivity index (χ1) is 8.22. The third-order valence-electron chi connectivity index (χ3n) is 2.20. The van der Waals surface area contributed by atoms with Crippen molar-refractivity contribution >= 4 is 11.7 Å². The molecule has 0 aliphatic rings. The van der Waals surface area contributed by atoms with Crippen molar-refractivity contribution in [2.24, 2.45) is 0 Å². The van der Waals surface area contributed by atoms with Gasteiger partial charge in [-0.2, -0.15) is 0 Å². The van der Waals surface area contributed by atoms with Crippen LogP contribution in [0.2, 0.25) is 0 Å². The number of carboxylic acid groups (broad SMARTS) is 1. The van der Waals surface area contributed by atoms with E-state index in [1.165, 1.54) is 0 Å². The zero-order valence-electron chi connectivity index (χ0n) is 10.1. The van der Waals surface area contributed by atoms with E-state index in [0.29, 0.717) is 19.6 Å². The number of nitrogens with one attached hydrogen (secondary N) is 1. The third kappa shape index (κ3) is 5.80. The lowest BCUT2D eigenvalue weighted by Crippen LogP contribution is -2.05. The van der Waals surface area contributed by atoms with Crippen LogP contribution in [0.4, 0.5) is 5.69 Å². The Morgan fingerprint density at radius 1 is 1.47 bits per heavy atom. The summed E-state index contributed by atoms with van der Waals surface area (Å²) >= 11 is 0. The van der Waals surface area contributed by atoms with E-state index in [0.717, 1.165) is 17.9 Å². The molecule has 0 radical (unpaired) electrons. The Morgan fingerprint density at radius 2 is 2.29 bits per heavy atom. The molecular weight excluding hydrogens is 218 g/mol. The van der Waals surface area contributed by atoms with Crippen LogP contribution < -0.4 is 10.1 Å². The molecule has 0 spiro atoms. The Labute approximate surface area is 102 Å². The van der Waals surface area contributed by atoms with Gasteiger partial charge in [0, 0.05) is 24.7 Å². The third-order valence-corrected chi connectivity index (χ3v) is 2.20. The Bertz CT molecular complexity index is 352. The normalized spacial score (nSPS) is 9.94. The number of benzene rings is 1. The van der Waals surface area contributed by atoms with Gasteiger partial charge in [0.15, 0.2) is 0 Å². The molecule has 94 valence electrons. The van der Waals surface area contributed by atoms with Crippen molar-refractivity contribution in [1.82, 2.24) is 0 Å². The summed E-state index contributed by atoms with van der Waals surface area (Å²) in [6.07, 6.45) is 1.80. The van der Waals surface area contributed by atoms with Crippen molar-refractivity contribution in [3.05, 3.63) is 24.3 Å². The number of rotatable bonds is 8. The van der Waals surface area contributed by atoms with Gasteiger partial charge in [-0.3, -0.25) is 4.79 Å². The van der Waals surface area contributed by atoms with E-state index in [4.69, 9.17) is 9.84 Å². The van der Waals surface area contributed by atoms with Gasteiger partial charge in [-0.15, -0.1) is 0 Å². The Kier molecular flexibility index (Phi) is 5.93. The monoisotopic (exact) mass is 237 g/mol. The fraction of sp³-hybridized carbons (Fsp3) is 0.462. The molecule has 0 amide bonds. The highest BCUT2D eigenvalue weighted by Gasteiger charge is 1.98. The van der Waals surface area contributed by atoms with E-state index in [2.05, 4.69) is 12.2 Å². The molecule has 0 heterocycles. The largest absolute Gasteiger partial charge is 0.494 e.